The summed E-state index contributed by atoms with van der Waals surface area (Å²) < 4.78 is 5.68. The fourth-order valence-electron chi connectivity index (χ4n) is 1.41. The molecule has 0 aliphatic rings. The lowest BCUT2D eigenvalue weighted by Crippen LogP contribution is -2.41. The summed E-state index contributed by atoms with van der Waals surface area (Å²) in [6, 6.07) is 3.12. The molecule has 0 unspecified atom stereocenters. The lowest BCUT2D eigenvalue weighted by atomic mass is 10.2. The van der Waals surface area contributed by atoms with Gasteiger partial charge in [-0.25, -0.2) is 0 Å². The minimum Gasteiger partial charge on any atom is -0.469 e. The highest BCUT2D eigenvalue weighted by molar-refractivity contribution is 9.10. The largest absolute Gasteiger partial charge is 0.469 e. The molecule has 98 valence electrons. The van der Waals surface area contributed by atoms with E-state index in [0.29, 0.717) is 21.4 Å². The maximum atomic E-state index is 11.7. The van der Waals surface area contributed by atoms with Crippen molar-refractivity contribution in [3.63, 3.8) is 0 Å². The van der Waals surface area contributed by atoms with Gasteiger partial charge in [-0.05, 0) is 35.0 Å². The van der Waals surface area contributed by atoms with Gasteiger partial charge in [0.1, 0.15) is 5.76 Å². The highest BCUT2D eigenvalue weighted by Crippen LogP contribution is 2.09. The maximum absolute atomic E-state index is 11.7. The molecule has 2 aromatic rings. The van der Waals surface area contributed by atoms with Crippen molar-refractivity contribution in [1.82, 2.24) is 15.8 Å². The molecule has 2 heterocycles. The van der Waals surface area contributed by atoms with Gasteiger partial charge in [0.2, 0.25) is 0 Å². The molecule has 2 amide bonds. The molecule has 2 aromatic heterocycles. The summed E-state index contributed by atoms with van der Waals surface area (Å²) in [7, 11) is 0. The van der Waals surface area contributed by atoms with E-state index in [1.165, 1.54) is 18.5 Å². The Morgan fingerprint density at radius 2 is 2.00 bits per heavy atom. The van der Waals surface area contributed by atoms with Gasteiger partial charge in [-0.2, -0.15) is 0 Å². The van der Waals surface area contributed by atoms with E-state index in [1.54, 1.807) is 19.2 Å². The van der Waals surface area contributed by atoms with Crippen molar-refractivity contribution in [3.05, 3.63) is 52.1 Å². The quantitative estimate of drug-likeness (QED) is 0.826. The first-order valence-corrected chi connectivity index (χ1v) is 6.12. The van der Waals surface area contributed by atoms with E-state index in [1.807, 2.05) is 0 Å². The van der Waals surface area contributed by atoms with E-state index in [2.05, 4.69) is 31.8 Å². The van der Waals surface area contributed by atoms with Crippen LogP contribution in [0.4, 0.5) is 0 Å². The van der Waals surface area contributed by atoms with E-state index < -0.39 is 11.8 Å². The third-order valence-electron chi connectivity index (χ3n) is 2.36. The third kappa shape index (κ3) is 3.19. The fraction of sp³-hybridized carbons (Fsp3) is 0.0833. The van der Waals surface area contributed by atoms with Crippen LogP contribution in [-0.2, 0) is 0 Å². The summed E-state index contributed by atoms with van der Waals surface area (Å²) in [6.07, 6.45) is 4.36. The van der Waals surface area contributed by atoms with E-state index in [-0.39, 0.29) is 0 Å². The molecule has 0 atom stereocenters. The number of furan rings is 1. The van der Waals surface area contributed by atoms with Gasteiger partial charge in [-0.3, -0.25) is 25.4 Å². The Hall–Kier alpha value is -2.15. The monoisotopic (exact) mass is 323 g/mol. The number of carbonyl (C=O) groups is 2. The number of halogens is 1. The minimum atomic E-state index is -0.455. The van der Waals surface area contributed by atoms with E-state index in [0.717, 1.165) is 0 Å². The first-order valence-electron chi connectivity index (χ1n) is 5.33. The van der Waals surface area contributed by atoms with Gasteiger partial charge in [0.15, 0.2) is 0 Å². The van der Waals surface area contributed by atoms with Gasteiger partial charge >= 0.3 is 0 Å². The first kappa shape index (κ1) is 13.3. The number of hydrogen-bond acceptors (Lipinski definition) is 4. The second kappa shape index (κ2) is 5.66. The van der Waals surface area contributed by atoms with Gasteiger partial charge in [0.05, 0.1) is 17.4 Å². The van der Waals surface area contributed by atoms with Crippen LogP contribution >= 0.6 is 15.9 Å². The van der Waals surface area contributed by atoms with Gasteiger partial charge in [0.25, 0.3) is 11.8 Å². The van der Waals surface area contributed by atoms with Crippen LogP contribution in [0.1, 0.15) is 26.5 Å². The van der Waals surface area contributed by atoms with Crippen LogP contribution in [0.5, 0.6) is 0 Å². The summed E-state index contributed by atoms with van der Waals surface area (Å²) in [5.41, 5.74) is 5.30. The van der Waals surface area contributed by atoms with Crippen LogP contribution in [0.3, 0.4) is 0 Å². The molecule has 0 aromatic carbocycles. The van der Waals surface area contributed by atoms with Crippen LogP contribution in [-0.4, -0.2) is 16.8 Å². The highest BCUT2D eigenvalue weighted by Gasteiger charge is 2.13. The third-order valence-corrected chi connectivity index (χ3v) is 2.79. The molecule has 0 spiro atoms. The van der Waals surface area contributed by atoms with Crippen molar-refractivity contribution in [2.45, 2.75) is 6.92 Å². The highest BCUT2D eigenvalue weighted by atomic mass is 79.9. The topological polar surface area (TPSA) is 84.2 Å². The molecule has 19 heavy (non-hydrogen) atoms. The van der Waals surface area contributed by atoms with Crippen LogP contribution in [0, 0.1) is 6.92 Å². The zero-order valence-corrected chi connectivity index (χ0v) is 11.5. The summed E-state index contributed by atoms with van der Waals surface area (Å²) in [4.78, 5) is 27.3. The molecule has 0 radical (unpaired) electrons. The zero-order valence-electron chi connectivity index (χ0n) is 9.94. The number of nitrogens with one attached hydrogen (secondary N) is 2. The van der Waals surface area contributed by atoms with Gasteiger partial charge in [-0.1, -0.05) is 0 Å². The molecule has 0 bridgehead atoms. The maximum Gasteiger partial charge on any atom is 0.273 e. The number of hydrazine groups is 1. The first-order chi connectivity index (χ1) is 9.08. The normalized spacial score (nSPS) is 10.0. The Morgan fingerprint density at radius 1 is 1.26 bits per heavy atom. The molecule has 0 aliphatic carbocycles. The predicted octanol–water partition coefficient (Wildman–Crippen LogP) is 1.82. The smallest absolute Gasteiger partial charge is 0.273 e. The fourth-order valence-corrected chi connectivity index (χ4v) is 1.77. The summed E-state index contributed by atoms with van der Waals surface area (Å²) in [5, 5.41) is 0. The van der Waals surface area contributed by atoms with Crippen molar-refractivity contribution in [2.75, 3.05) is 0 Å². The molecule has 6 nitrogen and oxygen atoms in total. The van der Waals surface area contributed by atoms with Crippen LogP contribution in [0.15, 0.2) is 39.7 Å². The number of amides is 2. The lowest BCUT2D eigenvalue weighted by molar-refractivity contribution is 0.0845. The van der Waals surface area contributed by atoms with Gasteiger partial charge in [0, 0.05) is 16.9 Å². The van der Waals surface area contributed by atoms with Crippen molar-refractivity contribution in [2.24, 2.45) is 0 Å². The lowest BCUT2D eigenvalue weighted by Gasteiger charge is -2.06. The van der Waals surface area contributed by atoms with Crippen LogP contribution in [0.2, 0.25) is 0 Å². The van der Waals surface area contributed by atoms with Crippen LogP contribution in [0.25, 0.3) is 0 Å². The number of hydrogen-bond donors (Lipinski definition) is 2. The van der Waals surface area contributed by atoms with Gasteiger partial charge < -0.3 is 4.42 Å². The van der Waals surface area contributed by atoms with Crippen molar-refractivity contribution < 1.29 is 14.0 Å². The number of nitrogens with zero attached hydrogens (tertiary/aromatic N) is 1. The van der Waals surface area contributed by atoms with Gasteiger partial charge in [-0.15, -0.1) is 0 Å². The Labute approximate surface area is 117 Å². The standard InChI is InChI=1S/C12H10BrN3O3/c1-7-10(2-3-19-7)12(18)16-15-11(17)8-4-9(13)6-14-5-8/h2-6H,1H3,(H,15,17)(H,16,18). The molecular weight excluding hydrogens is 314 g/mol. The number of pyridine rings is 1. The van der Waals surface area contributed by atoms with Crippen molar-refractivity contribution >= 4 is 27.7 Å². The van der Waals surface area contributed by atoms with Crippen molar-refractivity contribution in [1.29, 1.82) is 0 Å². The Bertz CT molecular complexity index is 624. The van der Waals surface area contributed by atoms with E-state index in [9.17, 15) is 9.59 Å². The molecule has 0 saturated heterocycles. The molecule has 2 rings (SSSR count). The second-order valence-corrected chi connectivity index (χ2v) is 4.61. The molecule has 2 N–H and O–H groups in total. The van der Waals surface area contributed by atoms with E-state index in [4.69, 9.17) is 4.42 Å². The summed E-state index contributed by atoms with van der Waals surface area (Å²) >= 11 is 3.21. The Kier molecular flexibility index (Phi) is 3.96. The summed E-state index contributed by atoms with van der Waals surface area (Å²) in [6.45, 7) is 1.66. The van der Waals surface area contributed by atoms with E-state index >= 15 is 0 Å². The Balaban J connectivity index is 1.98. The average Bonchev–Trinajstić information content (AvgIpc) is 2.82. The number of rotatable bonds is 2. The van der Waals surface area contributed by atoms with Crippen molar-refractivity contribution in [3.8, 4) is 0 Å². The number of aromatic nitrogens is 1. The number of carbonyl (C=O) groups excluding carboxylic acids is 2. The summed E-state index contributed by atoms with van der Waals surface area (Å²) in [5.74, 6) is -0.415. The molecule has 0 saturated carbocycles. The number of aryl methyl sites for hydroxylation is 1. The molecule has 0 fully saturated rings. The average molecular weight is 324 g/mol. The SMILES string of the molecule is Cc1occc1C(=O)NNC(=O)c1cncc(Br)c1. The Morgan fingerprint density at radius 3 is 2.63 bits per heavy atom. The zero-order chi connectivity index (χ0) is 13.8. The van der Waals surface area contributed by atoms with Crippen LogP contribution < -0.4 is 10.9 Å². The molecular formula is C12H10BrN3O3. The second-order valence-electron chi connectivity index (χ2n) is 3.69. The molecule has 0 aliphatic heterocycles. The molecule has 7 heteroatoms. The minimum absolute atomic E-state index is 0.332. The predicted molar refractivity (Wildman–Crippen MR) is 70.3 cm³/mol.